The van der Waals surface area contributed by atoms with Gasteiger partial charge in [0.05, 0.1) is 12.2 Å². The molecule has 0 heterocycles. The first kappa shape index (κ1) is 16.9. The van der Waals surface area contributed by atoms with Crippen molar-refractivity contribution in [3.63, 3.8) is 0 Å². The van der Waals surface area contributed by atoms with E-state index in [1.807, 2.05) is 19.9 Å². The second-order valence-electron chi connectivity index (χ2n) is 5.57. The molecule has 4 nitrogen and oxygen atoms in total. The summed E-state index contributed by atoms with van der Waals surface area (Å²) in [4.78, 5) is 24.4. The molecule has 0 radical (unpaired) electrons. The Morgan fingerprint density at radius 2 is 1.61 bits per heavy atom. The maximum atomic E-state index is 12.4. The summed E-state index contributed by atoms with van der Waals surface area (Å²) in [6, 6.07) is 11.9. The van der Waals surface area contributed by atoms with E-state index in [0.29, 0.717) is 16.7 Å². The molecule has 0 fully saturated rings. The number of ether oxygens (including phenoxy) is 1. The fourth-order valence-electron chi connectivity index (χ4n) is 2.16. The zero-order valence-corrected chi connectivity index (χ0v) is 13.5. The Balaban J connectivity index is 2.07. The first-order chi connectivity index (χ1) is 10.9. The molecule has 2 aromatic rings. The number of aliphatic hydroxyl groups excluding tert-OH is 1. The highest BCUT2D eigenvalue weighted by atomic mass is 16.5. The largest absolute Gasteiger partial charge is 0.451 e. The molecule has 0 saturated heterocycles. The van der Waals surface area contributed by atoms with Crippen molar-refractivity contribution in [2.24, 2.45) is 0 Å². The van der Waals surface area contributed by atoms with Gasteiger partial charge in [-0.2, -0.15) is 0 Å². The fraction of sp³-hybridized carbons (Fsp3) is 0.263. The Hall–Kier alpha value is -2.46. The topological polar surface area (TPSA) is 63.6 Å². The molecule has 4 heteroatoms. The number of hydrogen-bond acceptors (Lipinski definition) is 4. The van der Waals surface area contributed by atoms with E-state index < -0.39 is 12.1 Å². The minimum atomic E-state index is -0.859. The summed E-state index contributed by atoms with van der Waals surface area (Å²) in [6.45, 7) is 5.39. The molecular formula is C19H20O4. The van der Waals surface area contributed by atoms with Gasteiger partial charge in [0, 0.05) is 5.56 Å². The molecule has 120 valence electrons. The van der Waals surface area contributed by atoms with Crippen LogP contribution in [0.4, 0.5) is 0 Å². The lowest BCUT2D eigenvalue weighted by Crippen LogP contribution is -2.24. The van der Waals surface area contributed by atoms with Crippen molar-refractivity contribution in [2.75, 3.05) is 0 Å². The molecule has 0 spiro atoms. The highest BCUT2D eigenvalue weighted by Gasteiger charge is 2.20. The Bertz CT molecular complexity index is 717. The van der Waals surface area contributed by atoms with E-state index in [4.69, 9.17) is 9.84 Å². The third-order valence-electron chi connectivity index (χ3n) is 3.82. The molecule has 1 atom stereocenters. The van der Waals surface area contributed by atoms with Gasteiger partial charge in [-0.25, -0.2) is 4.79 Å². The highest BCUT2D eigenvalue weighted by Crippen LogP contribution is 2.14. The van der Waals surface area contributed by atoms with Crippen LogP contribution in [0.2, 0.25) is 0 Å². The van der Waals surface area contributed by atoms with Gasteiger partial charge in [-0.05, 0) is 55.7 Å². The Morgan fingerprint density at radius 1 is 1.00 bits per heavy atom. The number of hydrogen-bond donors (Lipinski definition) is 1. The van der Waals surface area contributed by atoms with Crippen molar-refractivity contribution in [2.45, 2.75) is 33.5 Å². The van der Waals surface area contributed by atoms with Crippen molar-refractivity contribution in [3.05, 3.63) is 70.3 Å². The molecular weight excluding hydrogens is 292 g/mol. The maximum absolute atomic E-state index is 12.4. The van der Waals surface area contributed by atoms with E-state index in [9.17, 15) is 9.59 Å². The summed E-state index contributed by atoms with van der Waals surface area (Å²) in [7, 11) is 0. The number of carbonyl (C=O) groups excluding carboxylic acids is 2. The molecule has 0 unspecified atom stereocenters. The van der Waals surface area contributed by atoms with Crippen LogP contribution in [0.25, 0.3) is 0 Å². The van der Waals surface area contributed by atoms with Crippen LogP contribution in [0.1, 0.15) is 44.3 Å². The number of carbonyl (C=O) groups is 2. The zero-order chi connectivity index (χ0) is 17.0. The zero-order valence-electron chi connectivity index (χ0n) is 13.5. The van der Waals surface area contributed by atoms with Crippen molar-refractivity contribution in [1.29, 1.82) is 0 Å². The number of aliphatic hydroxyl groups is 1. The molecule has 0 aliphatic heterocycles. The van der Waals surface area contributed by atoms with Crippen LogP contribution in [-0.2, 0) is 11.3 Å². The van der Waals surface area contributed by atoms with E-state index >= 15 is 0 Å². The monoisotopic (exact) mass is 312 g/mol. The van der Waals surface area contributed by atoms with Crippen molar-refractivity contribution in [3.8, 4) is 0 Å². The standard InChI is InChI=1S/C19H20O4/c1-12-4-7-17(10-13(12)2)18(21)14(3)23-19(22)16-8-5-15(11-20)6-9-16/h4-10,14,20H,11H2,1-3H3/t14-/m0/s1. The summed E-state index contributed by atoms with van der Waals surface area (Å²) < 4.78 is 5.25. The molecule has 0 aliphatic carbocycles. The Labute approximate surface area is 135 Å². The molecule has 0 bridgehead atoms. The second-order valence-corrected chi connectivity index (χ2v) is 5.57. The third kappa shape index (κ3) is 4.05. The number of benzene rings is 2. The van der Waals surface area contributed by atoms with Gasteiger partial charge in [0.1, 0.15) is 0 Å². The quantitative estimate of drug-likeness (QED) is 0.680. The first-order valence-corrected chi connectivity index (χ1v) is 7.44. The van der Waals surface area contributed by atoms with Crippen LogP contribution < -0.4 is 0 Å². The minimum absolute atomic E-state index is 0.0863. The van der Waals surface area contributed by atoms with Crippen molar-refractivity contribution in [1.82, 2.24) is 0 Å². The van der Waals surface area contributed by atoms with Crippen molar-refractivity contribution < 1.29 is 19.4 Å². The van der Waals surface area contributed by atoms with E-state index in [2.05, 4.69) is 0 Å². The van der Waals surface area contributed by atoms with Gasteiger partial charge in [-0.15, -0.1) is 0 Å². The van der Waals surface area contributed by atoms with Crippen molar-refractivity contribution >= 4 is 11.8 Å². The van der Waals surface area contributed by atoms with E-state index in [1.165, 1.54) is 0 Å². The SMILES string of the molecule is Cc1ccc(C(=O)[C@H](C)OC(=O)c2ccc(CO)cc2)cc1C. The number of aryl methyl sites for hydroxylation is 2. The highest BCUT2D eigenvalue weighted by molar-refractivity contribution is 6.01. The van der Waals surface area contributed by atoms with Gasteiger partial charge in [0.25, 0.3) is 0 Å². The van der Waals surface area contributed by atoms with Gasteiger partial charge < -0.3 is 9.84 Å². The summed E-state index contributed by atoms with van der Waals surface area (Å²) in [5.74, 6) is -0.785. The second kappa shape index (κ2) is 7.20. The van der Waals surface area contributed by atoms with Gasteiger partial charge in [-0.1, -0.05) is 24.3 Å². The van der Waals surface area contributed by atoms with E-state index in [0.717, 1.165) is 11.1 Å². The molecule has 0 amide bonds. The van der Waals surface area contributed by atoms with Gasteiger partial charge in [0.15, 0.2) is 6.10 Å². The number of rotatable bonds is 5. The van der Waals surface area contributed by atoms with Crippen LogP contribution in [0, 0.1) is 13.8 Å². The van der Waals surface area contributed by atoms with E-state index in [-0.39, 0.29) is 12.4 Å². The normalized spacial score (nSPS) is 11.8. The van der Waals surface area contributed by atoms with Gasteiger partial charge >= 0.3 is 5.97 Å². The Morgan fingerprint density at radius 3 is 2.17 bits per heavy atom. The molecule has 0 aromatic heterocycles. The lowest BCUT2D eigenvalue weighted by atomic mass is 10.0. The van der Waals surface area contributed by atoms with Crippen LogP contribution >= 0.6 is 0 Å². The van der Waals surface area contributed by atoms with E-state index in [1.54, 1.807) is 43.3 Å². The third-order valence-corrected chi connectivity index (χ3v) is 3.82. The van der Waals surface area contributed by atoms with Gasteiger partial charge in [0.2, 0.25) is 5.78 Å². The summed E-state index contributed by atoms with van der Waals surface area (Å²) in [5.41, 5.74) is 3.72. The first-order valence-electron chi connectivity index (χ1n) is 7.44. The van der Waals surface area contributed by atoms with Gasteiger partial charge in [-0.3, -0.25) is 4.79 Å². The van der Waals surface area contributed by atoms with Crippen LogP contribution in [0.3, 0.4) is 0 Å². The Kier molecular flexibility index (Phi) is 5.29. The molecule has 23 heavy (non-hydrogen) atoms. The lowest BCUT2D eigenvalue weighted by molar-refractivity contribution is 0.0318. The summed E-state index contributed by atoms with van der Waals surface area (Å²) in [6.07, 6.45) is -0.859. The average molecular weight is 312 g/mol. The van der Waals surface area contributed by atoms with Crippen LogP contribution in [0.5, 0.6) is 0 Å². The maximum Gasteiger partial charge on any atom is 0.338 e. The lowest BCUT2D eigenvalue weighted by Gasteiger charge is -2.13. The number of ketones is 1. The van der Waals surface area contributed by atoms with Crippen LogP contribution in [-0.4, -0.2) is 23.0 Å². The fourth-order valence-corrected chi connectivity index (χ4v) is 2.16. The smallest absolute Gasteiger partial charge is 0.338 e. The molecule has 2 aromatic carbocycles. The number of Topliss-reactive ketones (excluding diaryl/α,β-unsaturated/α-hetero) is 1. The molecule has 0 aliphatic rings. The molecule has 1 N–H and O–H groups in total. The molecule has 2 rings (SSSR count). The predicted octanol–water partition coefficient (Wildman–Crippen LogP) is 3.22. The minimum Gasteiger partial charge on any atom is -0.451 e. The predicted molar refractivity (Wildman–Crippen MR) is 87.5 cm³/mol. The summed E-state index contributed by atoms with van der Waals surface area (Å²) >= 11 is 0. The summed E-state index contributed by atoms with van der Waals surface area (Å²) in [5, 5.41) is 8.99. The van der Waals surface area contributed by atoms with Crippen LogP contribution in [0.15, 0.2) is 42.5 Å². The molecule has 0 saturated carbocycles. The number of esters is 1. The average Bonchev–Trinajstić information content (AvgIpc) is 2.56.